The van der Waals surface area contributed by atoms with Crippen molar-refractivity contribution in [3.05, 3.63) is 152 Å². The molecule has 0 amide bonds. The molecule has 0 spiro atoms. The van der Waals surface area contributed by atoms with Gasteiger partial charge in [-0.2, -0.15) is 72.1 Å². The van der Waals surface area contributed by atoms with Crippen molar-refractivity contribution >= 4 is 55.1 Å². The molecule has 5 aromatic carbocycles. The quantitative estimate of drug-likeness (QED) is 0.0992. The monoisotopic (exact) mass is 808 g/mol. The number of halogens is 12. The van der Waals surface area contributed by atoms with Gasteiger partial charge in [0, 0.05) is 32.7 Å². The zero-order valence-corrected chi connectivity index (χ0v) is 28.1. The summed E-state index contributed by atoms with van der Waals surface area (Å²) in [6.45, 7) is 29.7. The van der Waals surface area contributed by atoms with Crippen LogP contribution in [0.2, 0.25) is 0 Å². The lowest BCUT2D eigenvalue weighted by Crippen LogP contribution is -2.12. The fourth-order valence-electron chi connectivity index (χ4n) is 6.72. The Morgan fingerprint density at radius 3 is 1.05 bits per heavy atom. The first-order valence-corrected chi connectivity index (χ1v) is 15.8. The van der Waals surface area contributed by atoms with E-state index >= 15 is 0 Å². The minimum atomic E-state index is -5.36. The summed E-state index contributed by atoms with van der Waals surface area (Å²) in [4.78, 5) is 12.3. The van der Waals surface area contributed by atoms with Gasteiger partial charge in [0.05, 0.1) is 22.3 Å². The van der Waals surface area contributed by atoms with Crippen molar-refractivity contribution in [2.24, 2.45) is 0 Å². The van der Waals surface area contributed by atoms with Crippen LogP contribution in [0.5, 0.6) is 0 Å². The third kappa shape index (κ3) is 6.35. The van der Waals surface area contributed by atoms with E-state index in [9.17, 15) is 52.7 Å². The van der Waals surface area contributed by atoms with Gasteiger partial charge in [-0.1, -0.05) is 24.3 Å². The van der Waals surface area contributed by atoms with Crippen LogP contribution in [0.4, 0.5) is 52.7 Å². The summed E-state index contributed by atoms with van der Waals surface area (Å²) < 4.78 is 180. The predicted molar refractivity (Wildman–Crippen MR) is 184 cm³/mol. The molecular weight excluding hydrogens is 796 g/mol. The van der Waals surface area contributed by atoms with Crippen molar-refractivity contribution in [2.75, 3.05) is 0 Å². The highest BCUT2D eigenvalue weighted by Gasteiger charge is 2.41. The van der Waals surface area contributed by atoms with Crippen LogP contribution in [0, 0.1) is 26.3 Å². The second-order valence-electron chi connectivity index (χ2n) is 12.4. The van der Waals surface area contributed by atoms with Gasteiger partial charge < -0.3 is 8.83 Å². The SMILES string of the molecule is [C-]#[N+]C([N+]#[C-])=c1cc2c(o1)c(-c1ccc(C(F)(F)F)cc1C(F)(F)F)cc1ccc3cc(-c4ccc(C(F)(F)F)cc4C(F)(F)F)c4oc(=C([N+]#[C-])[N+]#[C-])cc4c3c12. The van der Waals surface area contributed by atoms with Crippen molar-refractivity contribution < 1.29 is 61.5 Å². The molecule has 0 unspecified atom stereocenters. The molecule has 0 aliphatic carbocycles. The van der Waals surface area contributed by atoms with E-state index in [4.69, 9.17) is 35.1 Å². The van der Waals surface area contributed by atoms with Gasteiger partial charge in [-0.15, -0.1) is 0 Å². The van der Waals surface area contributed by atoms with Crippen LogP contribution in [-0.2, 0) is 24.7 Å². The number of furan rings is 2. The Balaban J connectivity index is 1.70. The van der Waals surface area contributed by atoms with Crippen LogP contribution in [0.15, 0.2) is 81.6 Å². The van der Waals surface area contributed by atoms with E-state index in [1.165, 1.54) is 12.1 Å². The van der Waals surface area contributed by atoms with Gasteiger partial charge in [0.25, 0.3) is 0 Å². The van der Waals surface area contributed by atoms with Crippen LogP contribution in [-0.4, -0.2) is 0 Å². The van der Waals surface area contributed by atoms with Gasteiger partial charge in [-0.3, -0.25) is 0 Å². The molecule has 288 valence electrons. The first kappa shape index (κ1) is 38.8. The molecule has 0 saturated heterocycles. The average Bonchev–Trinajstić information content (AvgIpc) is 3.79. The van der Waals surface area contributed by atoms with Crippen molar-refractivity contribution in [3.8, 4) is 22.3 Å². The molecular formula is C40H12F12N4O2. The van der Waals surface area contributed by atoms with E-state index < -0.39 is 103 Å². The van der Waals surface area contributed by atoms with Gasteiger partial charge in [-0.05, 0) is 70.4 Å². The molecule has 18 heteroatoms. The van der Waals surface area contributed by atoms with E-state index in [1.807, 2.05) is 0 Å². The Morgan fingerprint density at radius 1 is 0.414 bits per heavy atom. The van der Waals surface area contributed by atoms with Crippen molar-refractivity contribution in [1.29, 1.82) is 0 Å². The summed E-state index contributed by atoms with van der Waals surface area (Å²) in [7, 11) is 0. The highest BCUT2D eigenvalue weighted by Crippen LogP contribution is 2.48. The number of nitrogens with zero attached hydrogens (tertiary/aromatic N) is 4. The van der Waals surface area contributed by atoms with Gasteiger partial charge in [0.15, 0.2) is 0 Å². The first-order chi connectivity index (χ1) is 27.1. The second-order valence-corrected chi connectivity index (χ2v) is 12.4. The summed E-state index contributed by atoms with van der Waals surface area (Å²) in [5.41, 5.74) is -11.0. The van der Waals surface area contributed by atoms with Crippen LogP contribution in [0.25, 0.3) is 96.8 Å². The molecule has 6 nitrogen and oxygen atoms in total. The molecule has 0 fully saturated rings. The maximum Gasteiger partial charge on any atom is 0.562 e. The summed E-state index contributed by atoms with van der Waals surface area (Å²) in [5.74, 6) is -1.40. The second kappa shape index (κ2) is 13.1. The third-order valence-corrected chi connectivity index (χ3v) is 9.11. The summed E-state index contributed by atoms with van der Waals surface area (Å²) >= 11 is 0. The minimum absolute atomic E-state index is 0.0422. The standard InChI is InChI=1S/C40H12F12N4O2/c1-53-35(54-2)29-15-25-31-17(11-23(33(25)57-29)21-9-7-19(37(41,42)43)13-27(21)39(47,48)49)5-6-18-12-24(34-26(32(18)31)16-30(58-34)36(55-3)56-4)22-10-8-20(38(44,45)46)14-28(22)40(50,51)52/h5-16H. The van der Waals surface area contributed by atoms with E-state index in [0.717, 1.165) is 24.3 Å². The Labute approximate surface area is 315 Å². The molecule has 0 aliphatic rings. The van der Waals surface area contributed by atoms with E-state index in [2.05, 4.69) is 19.4 Å². The number of hydrogen-bond acceptors (Lipinski definition) is 2. The van der Waals surface area contributed by atoms with Crippen LogP contribution < -0.4 is 10.8 Å². The number of alkyl halides is 12. The molecule has 7 rings (SSSR count). The molecule has 2 aromatic heterocycles. The van der Waals surface area contributed by atoms with Crippen LogP contribution in [0.3, 0.4) is 0 Å². The lowest BCUT2D eigenvalue weighted by atomic mass is 9.88. The highest BCUT2D eigenvalue weighted by atomic mass is 19.4. The molecule has 0 atom stereocenters. The van der Waals surface area contributed by atoms with Crippen LogP contribution in [0.1, 0.15) is 22.3 Å². The minimum Gasteiger partial charge on any atom is -0.459 e. The molecule has 58 heavy (non-hydrogen) atoms. The van der Waals surface area contributed by atoms with Crippen molar-refractivity contribution in [3.63, 3.8) is 0 Å². The molecule has 0 bridgehead atoms. The third-order valence-electron chi connectivity index (χ3n) is 9.11. The molecule has 7 aromatic rings. The zero-order chi connectivity index (χ0) is 42.3. The smallest absolute Gasteiger partial charge is 0.459 e. The first-order valence-electron chi connectivity index (χ1n) is 15.8. The Hall–Kier alpha value is -7.44. The zero-order valence-electron chi connectivity index (χ0n) is 28.1. The molecule has 2 heterocycles. The van der Waals surface area contributed by atoms with Gasteiger partial charge >= 0.3 is 36.3 Å². The number of rotatable bonds is 2. The Morgan fingerprint density at radius 2 is 0.759 bits per heavy atom. The van der Waals surface area contributed by atoms with Crippen LogP contribution >= 0.6 is 0 Å². The van der Waals surface area contributed by atoms with Crippen molar-refractivity contribution in [1.82, 2.24) is 0 Å². The summed E-state index contributed by atoms with van der Waals surface area (Å²) in [6, 6.07) is 8.83. The normalized spacial score (nSPS) is 12.4. The van der Waals surface area contributed by atoms with E-state index in [0.29, 0.717) is 24.3 Å². The van der Waals surface area contributed by atoms with Gasteiger partial charge in [0.2, 0.25) is 10.8 Å². The fourth-order valence-corrected chi connectivity index (χ4v) is 6.72. The molecule has 0 saturated carbocycles. The number of fused-ring (bicyclic) bond motifs is 7. The maximum atomic E-state index is 14.5. The predicted octanol–water partition coefficient (Wildman–Crippen LogP) is 12.7. The lowest BCUT2D eigenvalue weighted by Gasteiger charge is -2.18. The molecule has 0 N–H and O–H groups in total. The summed E-state index contributed by atoms with van der Waals surface area (Å²) in [5, 5.41) is -0.0874. The van der Waals surface area contributed by atoms with Gasteiger partial charge in [0.1, 0.15) is 37.5 Å². The average molecular weight is 809 g/mol. The fraction of sp³-hybridized carbons (Fsp3) is 0.100. The molecule has 0 aliphatic heterocycles. The van der Waals surface area contributed by atoms with E-state index in [1.54, 1.807) is 0 Å². The topological polar surface area (TPSA) is 43.7 Å². The highest BCUT2D eigenvalue weighted by molar-refractivity contribution is 6.29. The van der Waals surface area contributed by atoms with Crippen molar-refractivity contribution in [2.45, 2.75) is 24.7 Å². The maximum absolute atomic E-state index is 14.5. The van der Waals surface area contributed by atoms with E-state index in [-0.39, 0.29) is 44.5 Å². The Kier molecular flexibility index (Phi) is 8.75. The number of hydrogen-bond donors (Lipinski definition) is 0. The largest absolute Gasteiger partial charge is 0.562 e. The number of benzene rings is 5. The van der Waals surface area contributed by atoms with Gasteiger partial charge in [-0.25, -0.2) is 0 Å². The molecule has 0 radical (unpaired) electrons. The Bertz CT molecular complexity index is 2980. The lowest BCUT2D eigenvalue weighted by molar-refractivity contribution is -0.144. The summed E-state index contributed by atoms with van der Waals surface area (Å²) in [6.07, 6.45) is -21.1.